The minimum Gasteiger partial charge on any atom is -0.392 e. The molecule has 3 nitrogen and oxygen atoms in total. The number of aromatic nitrogens is 2. The monoisotopic (exact) mass is 695 g/mol. The molecule has 0 bridgehead atoms. The highest BCUT2D eigenvalue weighted by Crippen LogP contribution is 2.46. The second-order valence-electron chi connectivity index (χ2n) is 11.9. The standard InChI is InChI=1S/C37H33BF2IN3/c1-6-7-21-42-32-16-12-11-15-30(32)31-22-27(18-20-33(31)42)17-19-29-23(2)36-34(28-13-9-8-10-14-28)37-24(3)35(41)26(5)44(37)38(39,40)43(36)25(29)4/h8-16,18,20,22H,6-7,21H2,1-5H3. The Labute approximate surface area is 270 Å². The first-order valence-electron chi connectivity index (χ1n) is 15.2. The van der Waals surface area contributed by atoms with E-state index in [4.69, 9.17) is 0 Å². The number of unbranched alkanes of at least 4 members (excludes halogenated alkanes) is 1. The normalized spacial score (nSPS) is 15.7. The molecule has 220 valence electrons. The molecule has 4 heterocycles. The Hall–Kier alpha value is -3.90. The van der Waals surface area contributed by atoms with Gasteiger partial charge in [0.05, 0.1) is 11.1 Å². The highest BCUT2D eigenvalue weighted by Gasteiger charge is 2.56. The van der Waals surface area contributed by atoms with Crippen molar-refractivity contribution in [3.05, 3.63) is 121 Å². The molecule has 2 aliphatic heterocycles. The predicted molar refractivity (Wildman–Crippen MR) is 187 cm³/mol. The Morgan fingerprint density at radius 2 is 1.57 bits per heavy atom. The molecule has 7 heteroatoms. The van der Waals surface area contributed by atoms with E-state index in [1.165, 1.54) is 30.8 Å². The van der Waals surface area contributed by atoms with Crippen LogP contribution in [0.3, 0.4) is 0 Å². The van der Waals surface area contributed by atoms with Crippen LogP contribution in [0.4, 0.5) is 8.63 Å². The molecule has 2 aromatic heterocycles. The Balaban J connectivity index is 1.43. The number of benzene rings is 3. The van der Waals surface area contributed by atoms with Crippen LogP contribution in [-0.4, -0.2) is 26.2 Å². The summed E-state index contributed by atoms with van der Waals surface area (Å²) in [7, 11) is 0. The molecule has 0 saturated carbocycles. The molecule has 0 fully saturated rings. The third kappa shape index (κ3) is 4.10. The largest absolute Gasteiger partial charge is 0.737 e. The van der Waals surface area contributed by atoms with Crippen LogP contribution < -0.4 is 0 Å². The first-order valence-corrected chi connectivity index (χ1v) is 16.3. The molecule has 0 saturated heterocycles. The highest BCUT2D eigenvalue weighted by atomic mass is 127. The second kappa shape index (κ2) is 10.6. The maximum Gasteiger partial charge on any atom is 0.737 e. The van der Waals surface area contributed by atoms with Crippen LogP contribution in [0.2, 0.25) is 0 Å². The van der Waals surface area contributed by atoms with Crippen LogP contribution in [-0.2, 0) is 6.54 Å². The fourth-order valence-corrected chi connectivity index (χ4v) is 7.71. The number of hydrogen-bond acceptors (Lipinski definition) is 0. The van der Waals surface area contributed by atoms with Crippen molar-refractivity contribution in [2.75, 3.05) is 0 Å². The smallest absolute Gasteiger partial charge is 0.392 e. The van der Waals surface area contributed by atoms with Gasteiger partial charge in [-0.3, -0.25) is 0 Å². The van der Waals surface area contributed by atoms with Crippen molar-refractivity contribution in [1.82, 2.24) is 9.05 Å². The van der Waals surface area contributed by atoms with Crippen molar-refractivity contribution in [3.63, 3.8) is 0 Å². The summed E-state index contributed by atoms with van der Waals surface area (Å²) < 4.78 is 39.2. The van der Waals surface area contributed by atoms with Crippen molar-refractivity contribution in [3.8, 4) is 11.8 Å². The zero-order chi connectivity index (χ0) is 30.9. The minimum atomic E-state index is -4.13. The zero-order valence-electron chi connectivity index (χ0n) is 25.6. The van der Waals surface area contributed by atoms with Crippen LogP contribution in [0.1, 0.15) is 61.7 Å². The lowest BCUT2D eigenvalue weighted by atomic mass is 9.84. The first-order chi connectivity index (χ1) is 21.2. The van der Waals surface area contributed by atoms with Gasteiger partial charge in [0.15, 0.2) is 5.70 Å². The average molecular weight is 695 g/mol. The Morgan fingerprint density at radius 1 is 0.864 bits per heavy atom. The van der Waals surface area contributed by atoms with E-state index in [9.17, 15) is 0 Å². The number of rotatable bonds is 4. The predicted octanol–water partition coefficient (Wildman–Crippen LogP) is 9.47. The van der Waals surface area contributed by atoms with Crippen LogP contribution in [0.5, 0.6) is 0 Å². The molecule has 0 N–H and O–H groups in total. The van der Waals surface area contributed by atoms with E-state index in [0.29, 0.717) is 28.4 Å². The zero-order valence-corrected chi connectivity index (χ0v) is 27.8. The minimum absolute atomic E-state index is 0.493. The molecule has 0 aliphatic carbocycles. The number of hydrogen-bond donors (Lipinski definition) is 0. The van der Waals surface area contributed by atoms with Gasteiger partial charge in [-0.15, -0.1) is 0 Å². The molecule has 0 amide bonds. The van der Waals surface area contributed by atoms with Crippen LogP contribution in [0.15, 0.2) is 89.6 Å². The van der Waals surface area contributed by atoms with Crippen LogP contribution in [0, 0.1) is 29.3 Å². The number of allylic oxidation sites excluding steroid dienone is 2. The molecule has 44 heavy (non-hydrogen) atoms. The molecular formula is C37H33BF2IN3. The summed E-state index contributed by atoms with van der Waals surface area (Å²) in [5.41, 5.74) is 9.61. The SMILES string of the molecule is CCCCn1c2ccccc2c2cc(C#CC3=C(C)C4=C(c5ccccc5)c5c(C)c(I)c(C)n5[B-](F)(F)[N+]4=C3C)ccc21. The van der Waals surface area contributed by atoms with Gasteiger partial charge in [-0.25, -0.2) is 0 Å². The molecule has 0 atom stereocenters. The molecule has 0 radical (unpaired) electrons. The summed E-state index contributed by atoms with van der Waals surface area (Å²) >= 11 is 2.21. The van der Waals surface area contributed by atoms with Crippen molar-refractivity contribution in [2.24, 2.45) is 0 Å². The summed E-state index contributed by atoms with van der Waals surface area (Å²) in [5.74, 6) is 6.71. The van der Waals surface area contributed by atoms with Gasteiger partial charge in [0, 0.05) is 55.7 Å². The summed E-state index contributed by atoms with van der Waals surface area (Å²) in [6, 6.07) is 24.8. The molecule has 0 spiro atoms. The quantitative estimate of drug-likeness (QED) is 0.101. The molecule has 3 aromatic carbocycles. The third-order valence-electron chi connectivity index (χ3n) is 9.30. The maximum absolute atomic E-state index is 16.7. The van der Waals surface area contributed by atoms with Gasteiger partial charge in [-0.05, 0) is 90.9 Å². The number of fused-ring (bicyclic) bond motifs is 5. The molecule has 7 rings (SSSR count). The fourth-order valence-electron chi connectivity index (χ4n) is 7.19. The third-order valence-corrected chi connectivity index (χ3v) is 10.9. The van der Waals surface area contributed by atoms with Gasteiger partial charge >= 0.3 is 6.97 Å². The van der Waals surface area contributed by atoms with Gasteiger partial charge in [0.2, 0.25) is 0 Å². The number of para-hydroxylation sites is 1. The van der Waals surface area contributed by atoms with E-state index >= 15 is 8.63 Å². The molecule has 0 unspecified atom stereocenters. The Morgan fingerprint density at radius 3 is 2.32 bits per heavy atom. The highest BCUT2D eigenvalue weighted by molar-refractivity contribution is 14.1. The summed E-state index contributed by atoms with van der Waals surface area (Å²) in [6.07, 6.45) is 2.25. The van der Waals surface area contributed by atoms with Crippen molar-refractivity contribution in [1.29, 1.82) is 0 Å². The van der Waals surface area contributed by atoms with Gasteiger partial charge in [0.25, 0.3) is 0 Å². The lowest BCUT2D eigenvalue weighted by Gasteiger charge is -2.33. The first kappa shape index (κ1) is 28.9. The number of halogens is 3. The molecular weight excluding hydrogens is 662 g/mol. The maximum atomic E-state index is 16.7. The lowest BCUT2D eigenvalue weighted by molar-refractivity contribution is -0.363. The van der Waals surface area contributed by atoms with E-state index in [2.05, 4.69) is 88.4 Å². The van der Waals surface area contributed by atoms with E-state index in [1.54, 1.807) is 13.8 Å². The van der Waals surface area contributed by atoms with E-state index < -0.39 is 6.97 Å². The fraction of sp³-hybridized carbons (Fsp3) is 0.216. The van der Waals surface area contributed by atoms with Gasteiger partial charge in [-0.1, -0.05) is 73.7 Å². The topological polar surface area (TPSA) is 12.9 Å². The van der Waals surface area contributed by atoms with Crippen LogP contribution >= 0.6 is 22.6 Å². The van der Waals surface area contributed by atoms with Crippen LogP contribution in [0.25, 0.3) is 27.4 Å². The van der Waals surface area contributed by atoms with Gasteiger partial charge < -0.3 is 22.2 Å². The van der Waals surface area contributed by atoms with E-state index in [-0.39, 0.29) is 0 Å². The number of aryl methyl sites for hydroxylation is 1. The Bertz CT molecular complexity index is 2190. The Kier molecular flexibility index (Phi) is 6.97. The summed E-state index contributed by atoms with van der Waals surface area (Å²) in [4.78, 5) is 0. The van der Waals surface area contributed by atoms with Crippen molar-refractivity contribution >= 4 is 62.7 Å². The number of nitrogens with zero attached hydrogens (tertiary/aromatic N) is 3. The van der Waals surface area contributed by atoms with Crippen molar-refractivity contribution < 1.29 is 13.1 Å². The van der Waals surface area contributed by atoms with Gasteiger partial charge in [-0.2, -0.15) is 0 Å². The van der Waals surface area contributed by atoms with Gasteiger partial charge in [0.1, 0.15) is 5.71 Å². The van der Waals surface area contributed by atoms with E-state index in [0.717, 1.165) is 50.8 Å². The molecule has 5 aromatic rings. The summed E-state index contributed by atoms with van der Waals surface area (Å²) in [5, 5.41) is 2.38. The van der Waals surface area contributed by atoms with E-state index in [1.807, 2.05) is 44.2 Å². The summed E-state index contributed by atoms with van der Waals surface area (Å²) in [6.45, 7) is 6.52. The second-order valence-corrected chi connectivity index (χ2v) is 13.0. The average Bonchev–Trinajstić information content (AvgIpc) is 3.56. The lowest BCUT2D eigenvalue weighted by Crippen LogP contribution is -2.51. The van der Waals surface area contributed by atoms with Crippen molar-refractivity contribution in [2.45, 2.75) is 54.0 Å². The molecule has 2 aliphatic rings.